The average Bonchev–Trinajstić information content (AvgIpc) is 3.09. The largest absolute Gasteiger partial charge is 0.354 e. The molecule has 2 unspecified atom stereocenters. The number of anilines is 1. The monoisotopic (exact) mass is 523 g/mol. The van der Waals surface area contributed by atoms with Crippen LogP contribution in [0.25, 0.3) is 20.7 Å². The first-order chi connectivity index (χ1) is 13.6. The molecule has 2 aromatic heterocycles. The Morgan fingerprint density at radius 1 is 1.16 bits per heavy atom. The van der Waals surface area contributed by atoms with Crippen molar-refractivity contribution in [1.82, 2.24) is 20.2 Å². The van der Waals surface area contributed by atoms with E-state index in [9.17, 15) is 0 Å². The van der Waals surface area contributed by atoms with Gasteiger partial charge in [0.2, 0.25) is 5.95 Å². The number of aromatic nitrogens is 2. The highest BCUT2D eigenvalue weighted by atomic mass is 35.5. The lowest BCUT2D eigenvalue weighted by Crippen LogP contribution is -2.54. The molecule has 0 aliphatic carbocycles. The van der Waals surface area contributed by atoms with Crippen molar-refractivity contribution in [2.45, 2.75) is 32.4 Å². The Bertz CT molecular complexity index is 911. The van der Waals surface area contributed by atoms with Gasteiger partial charge in [-0.1, -0.05) is 29.8 Å². The molecule has 2 N–H and O–H groups in total. The Kier molecular flexibility index (Phi) is 11.8. The van der Waals surface area contributed by atoms with Crippen LogP contribution in [0, 0.1) is 0 Å². The molecule has 5 nitrogen and oxygen atoms in total. The number of halogens is 4. The molecule has 31 heavy (non-hydrogen) atoms. The number of nitrogens with one attached hydrogen (secondary N) is 2. The molecule has 0 bridgehead atoms. The fraction of sp³-hybridized carbons (Fsp3) is 0.429. The summed E-state index contributed by atoms with van der Waals surface area (Å²) in [6.45, 7) is 8.64. The highest BCUT2D eigenvalue weighted by Crippen LogP contribution is 2.35. The third-order valence-electron chi connectivity index (χ3n) is 4.97. The molecule has 1 fully saturated rings. The molecule has 1 aliphatic heterocycles. The first-order valence-electron chi connectivity index (χ1n) is 9.82. The Labute approximate surface area is 211 Å². The van der Waals surface area contributed by atoms with E-state index in [1.165, 1.54) is 10.1 Å². The van der Waals surface area contributed by atoms with Gasteiger partial charge in [-0.05, 0) is 44.3 Å². The number of piperazine rings is 1. The molecule has 0 spiro atoms. The maximum absolute atomic E-state index is 6.39. The second-order valence-corrected chi connectivity index (χ2v) is 9.04. The third kappa shape index (κ3) is 7.32. The van der Waals surface area contributed by atoms with Gasteiger partial charge in [0.25, 0.3) is 0 Å². The zero-order valence-electron chi connectivity index (χ0n) is 17.5. The van der Waals surface area contributed by atoms with Gasteiger partial charge in [0.1, 0.15) is 5.69 Å². The van der Waals surface area contributed by atoms with Crippen LogP contribution in [0.1, 0.15) is 20.3 Å². The van der Waals surface area contributed by atoms with E-state index in [-0.39, 0.29) is 37.2 Å². The molecular formula is C21H29Cl4N5S. The molecule has 2 atom stereocenters. The minimum Gasteiger partial charge on any atom is -0.354 e. The van der Waals surface area contributed by atoms with Gasteiger partial charge in [-0.2, -0.15) is 0 Å². The lowest BCUT2D eigenvalue weighted by Gasteiger charge is -2.36. The predicted molar refractivity (Wildman–Crippen MR) is 141 cm³/mol. The zero-order chi connectivity index (χ0) is 19.5. The molecule has 0 radical (unpaired) electrons. The summed E-state index contributed by atoms with van der Waals surface area (Å²) in [4.78, 5) is 12.6. The van der Waals surface area contributed by atoms with E-state index in [2.05, 4.69) is 63.6 Å². The van der Waals surface area contributed by atoms with Crippen LogP contribution in [0.15, 0.2) is 36.5 Å². The highest BCUT2D eigenvalue weighted by molar-refractivity contribution is 7.22. The summed E-state index contributed by atoms with van der Waals surface area (Å²) in [6, 6.07) is 11.6. The van der Waals surface area contributed by atoms with Crippen molar-refractivity contribution in [3.05, 3.63) is 41.6 Å². The van der Waals surface area contributed by atoms with Crippen LogP contribution in [0.2, 0.25) is 5.02 Å². The summed E-state index contributed by atoms with van der Waals surface area (Å²) in [5, 5.41) is 8.73. The summed E-state index contributed by atoms with van der Waals surface area (Å²) in [5.41, 5.74) is 0.796. The van der Waals surface area contributed by atoms with Crippen molar-refractivity contribution >= 4 is 76.2 Å². The molecule has 3 heterocycles. The normalized spacial score (nSPS) is 18.5. The topological polar surface area (TPSA) is 53.1 Å². The molecule has 1 aliphatic rings. The van der Waals surface area contributed by atoms with E-state index in [4.69, 9.17) is 11.6 Å². The number of nitrogens with zero attached hydrogens (tertiary/aromatic N) is 3. The minimum atomic E-state index is 0. The number of hydrogen-bond donors (Lipinski definition) is 2. The molecule has 1 saturated heterocycles. The molecule has 0 saturated carbocycles. The summed E-state index contributed by atoms with van der Waals surface area (Å²) < 4.78 is 1.24. The maximum Gasteiger partial charge on any atom is 0.223 e. The van der Waals surface area contributed by atoms with Crippen LogP contribution in [0.5, 0.6) is 0 Å². The number of hydrogen-bond acceptors (Lipinski definition) is 6. The van der Waals surface area contributed by atoms with Crippen LogP contribution >= 0.6 is 60.2 Å². The highest BCUT2D eigenvalue weighted by Gasteiger charge is 2.20. The average molecular weight is 525 g/mol. The van der Waals surface area contributed by atoms with Crippen molar-refractivity contribution in [3.8, 4) is 10.6 Å². The van der Waals surface area contributed by atoms with Crippen LogP contribution < -0.4 is 10.6 Å². The van der Waals surface area contributed by atoms with Gasteiger partial charge >= 0.3 is 0 Å². The zero-order valence-corrected chi connectivity index (χ0v) is 21.5. The Morgan fingerprint density at radius 2 is 1.87 bits per heavy atom. The molecule has 172 valence electrons. The van der Waals surface area contributed by atoms with E-state index in [0.29, 0.717) is 23.1 Å². The third-order valence-corrected chi connectivity index (χ3v) is 6.37. The number of fused-ring (bicyclic) bond motifs is 1. The minimum absolute atomic E-state index is 0. The second-order valence-electron chi connectivity index (χ2n) is 7.55. The number of thiophene rings is 1. The molecular weight excluding hydrogens is 496 g/mol. The van der Waals surface area contributed by atoms with Crippen molar-refractivity contribution in [3.63, 3.8) is 0 Å². The molecule has 10 heteroatoms. The standard InChI is InChI=1S/C21H26ClN5S.3ClH/c1-14-12-27(13-15(2)25-14)9-5-8-23-21-24-11-17(22)20(26-21)19-10-16-6-3-4-7-18(16)28-19;;;/h3-4,6-7,10-11,14-15,25H,5,8-9,12-13H2,1-2H3,(H,23,24,26);3*1H. The summed E-state index contributed by atoms with van der Waals surface area (Å²) >= 11 is 8.10. The van der Waals surface area contributed by atoms with Crippen molar-refractivity contribution < 1.29 is 0 Å². The lowest BCUT2D eigenvalue weighted by atomic mass is 10.1. The van der Waals surface area contributed by atoms with E-state index >= 15 is 0 Å². The summed E-state index contributed by atoms with van der Waals surface area (Å²) in [6.07, 6.45) is 2.75. The molecule has 1 aromatic carbocycles. The fourth-order valence-electron chi connectivity index (χ4n) is 3.85. The second kappa shape index (κ2) is 13.0. The van der Waals surface area contributed by atoms with Crippen molar-refractivity contribution in [2.75, 3.05) is 31.5 Å². The van der Waals surface area contributed by atoms with Gasteiger partial charge in [0.05, 0.1) is 16.1 Å². The van der Waals surface area contributed by atoms with Crippen LogP contribution in [0.4, 0.5) is 5.95 Å². The SMILES string of the molecule is CC1CN(CCCNc2ncc(Cl)c(-c3cc4ccccc4s3)n2)CC(C)N1.Cl.Cl.Cl. The molecule has 3 aromatic rings. The number of rotatable bonds is 6. The van der Waals surface area contributed by atoms with Crippen molar-refractivity contribution in [1.29, 1.82) is 0 Å². The van der Waals surface area contributed by atoms with E-state index in [0.717, 1.165) is 43.2 Å². The van der Waals surface area contributed by atoms with E-state index < -0.39 is 0 Å². The predicted octanol–water partition coefficient (Wildman–Crippen LogP) is 5.76. The van der Waals surface area contributed by atoms with Gasteiger partial charge in [-0.3, -0.25) is 0 Å². The van der Waals surface area contributed by atoms with Gasteiger partial charge in [0.15, 0.2) is 0 Å². The smallest absolute Gasteiger partial charge is 0.223 e. The van der Waals surface area contributed by atoms with Crippen LogP contribution in [-0.2, 0) is 0 Å². The van der Waals surface area contributed by atoms with Crippen molar-refractivity contribution in [2.24, 2.45) is 0 Å². The summed E-state index contributed by atoms with van der Waals surface area (Å²) in [5.74, 6) is 0.638. The summed E-state index contributed by atoms with van der Waals surface area (Å²) in [7, 11) is 0. The Hall–Kier alpha value is -0.860. The van der Waals surface area contributed by atoms with Gasteiger partial charge in [-0.15, -0.1) is 48.6 Å². The fourth-order valence-corrected chi connectivity index (χ4v) is 5.16. The quantitative estimate of drug-likeness (QED) is 0.401. The Balaban J connectivity index is 0.00000160. The van der Waals surface area contributed by atoms with Gasteiger partial charge in [-0.25, -0.2) is 9.97 Å². The van der Waals surface area contributed by atoms with Crippen LogP contribution in [-0.4, -0.2) is 53.1 Å². The Morgan fingerprint density at radius 3 is 2.58 bits per heavy atom. The van der Waals surface area contributed by atoms with Crippen LogP contribution in [0.3, 0.4) is 0 Å². The molecule has 4 rings (SSSR count). The van der Waals surface area contributed by atoms with Gasteiger partial charge in [0, 0.05) is 36.4 Å². The first-order valence-corrected chi connectivity index (χ1v) is 11.0. The lowest BCUT2D eigenvalue weighted by molar-refractivity contribution is 0.173. The molecule has 0 amide bonds. The number of benzene rings is 1. The first kappa shape index (κ1) is 28.2. The van der Waals surface area contributed by atoms with E-state index in [1.54, 1.807) is 17.5 Å². The maximum atomic E-state index is 6.39. The van der Waals surface area contributed by atoms with Gasteiger partial charge < -0.3 is 15.5 Å². The van der Waals surface area contributed by atoms with E-state index in [1.807, 2.05) is 6.07 Å².